The third-order valence-electron chi connectivity index (χ3n) is 8.35. The highest BCUT2D eigenvalue weighted by Gasteiger charge is 2.39. The monoisotopic (exact) mass is 455 g/mol. The number of nitrogens with two attached hydrogens (primary N) is 2. The Hall–Kier alpha value is -2.04. The first-order chi connectivity index (χ1) is 15.3. The number of anilines is 1. The van der Waals surface area contributed by atoms with Crippen molar-refractivity contribution >= 4 is 17.5 Å². The normalized spacial score (nSPS) is 26.6. The van der Waals surface area contributed by atoms with Crippen molar-refractivity contribution < 1.29 is 9.59 Å². The summed E-state index contributed by atoms with van der Waals surface area (Å²) < 4.78 is 0. The number of nitrogens with zero attached hydrogens (tertiary/aromatic N) is 1. The van der Waals surface area contributed by atoms with Gasteiger partial charge in [-0.05, 0) is 92.2 Å². The highest BCUT2D eigenvalue weighted by Crippen LogP contribution is 2.43. The lowest BCUT2D eigenvalue weighted by molar-refractivity contribution is 0.0264. The van der Waals surface area contributed by atoms with Gasteiger partial charge in [-0.1, -0.05) is 41.5 Å². The number of nitrogen functional groups attached to an aromatic ring is 1. The van der Waals surface area contributed by atoms with Crippen molar-refractivity contribution in [2.75, 3.05) is 5.73 Å². The summed E-state index contributed by atoms with van der Waals surface area (Å²) in [6.07, 6.45) is 8.76. The van der Waals surface area contributed by atoms with E-state index in [-0.39, 0.29) is 18.0 Å². The molecule has 1 aromatic rings. The minimum Gasteiger partial charge on any atom is -0.399 e. The van der Waals surface area contributed by atoms with Crippen LogP contribution in [0.2, 0.25) is 0 Å². The van der Waals surface area contributed by atoms with Crippen LogP contribution in [-0.2, 0) is 0 Å². The molecule has 0 spiro atoms. The van der Waals surface area contributed by atoms with Gasteiger partial charge in [0.1, 0.15) is 0 Å². The van der Waals surface area contributed by atoms with E-state index in [1.807, 2.05) is 0 Å². The summed E-state index contributed by atoms with van der Waals surface area (Å²) in [5, 5.41) is 0. The van der Waals surface area contributed by atoms with E-state index in [0.29, 0.717) is 39.5 Å². The number of hydrogen-bond donors (Lipinski definition) is 2. The number of amides is 2. The molecule has 0 saturated heterocycles. The Kier molecular flexibility index (Phi) is 7.50. The summed E-state index contributed by atoms with van der Waals surface area (Å²) in [5.41, 5.74) is 13.3. The van der Waals surface area contributed by atoms with Gasteiger partial charge in [0.05, 0.1) is 0 Å². The molecule has 0 heterocycles. The minimum atomic E-state index is -0.556. The second kappa shape index (κ2) is 9.68. The van der Waals surface area contributed by atoms with Crippen LogP contribution >= 0.6 is 0 Å². The molecule has 0 unspecified atom stereocenters. The van der Waals surface area contributed by atoms with E-state index in [2.05, 4.69) is 46.4 Å². The van der Waals surface area contributed by atoms with Gasteiger partial charge in [-0.25, -0.2) is 0 Å². The number of carbonyl (C=O) groups excluding carboxylic acids is 2. The second-order valence-corrected chi connectivity index (χ2v) is 12.7. The molecule has 2 saturated carbocycles. The van der Waals surface area contributed by atoms with Gasteiger partial charge < -0.3 is 16.4 Å². The highest BCUT2D eigenvalue weighted by molar-refractivity contribution is 6.00. The molecule has 0 aromatic heterocycles. The minimum absolute atomic E-state index is 0.00298. The van der Waals surface area contributed by atoms with Gasteiger partial charge >= 0.3 is 0 Å². The predicted molar refractivity (Wildman–Crippen MR) is 136 cm³/mol. The third kappa shape index (κ3) is 6.10. The highest BCUT2D eigenvalue weighted by atomic mass is 16.2. The molecule has 1 aromatic carbocycles. The summed E-state index contributed by atoms with van der Waals surface area (Å²) >= 11 is 0. The van der Waals surface area contributed by atoms with Crippen molar-refractivity contribution in [2.45, 2.75) is 105 Å². The quantitative estimate of drug-likeness (QED) is 0.544. The molecule has 3 rings (SSSR count). The molecule has 2 aliphatic rings. The van der Waals surface area contributed by atoms with Gasteiger partial charge in [-0.15, -0.1) is 0 Å². The Morgan fingerprint density at radius 2 is 1.12 bits per heavy atom. The van der Waals surface area contributed by atoms with Crippen molar-refractivity contribution in [1.82, 2.24) is 4.90 Å². The Bertz CT molecular complexity index is 815. The molecule has 33 heavy (non-hydrogen) atoms. The zero-order chi connectivity index (χ0) is 24.6. The number of hydrogen-bond acceptors (Lipinski definition) is 3. The number of rotatable bonds is 4. The van der Waals surface area contributed by atoms with Gasteiger partial charge in [-0.2, -0.15) is 0 Å². The Morgan fingerprint density at radius 1 is 0.727 bits per heavy atom. The first kappa shape index (κ1) is 25.6. The van der Waals surface area contributed by atoms with Crippen molar-refractivity contribution in [3.63, 3.8) is 0 Å². The number of benzene rings is 1. The second-order valence-electron chi connectivity index (χ2n) is 12.7. The van der Waals surface area contributed by atoms with Gasteiger partial charge in [0.2, 0.25) is 5.91 Å². The predicted octanol–water partition coefficient (Wildman–Crippen LogP) is 6.02. The van der Waals surface area contributed by atoms with Gasteiger partial charge in [0.25, 0.3) is 5.91 Å². The Labute approximate surface area is 200 Å². The largest absolute Gasteiger partial charge is 0.399 e. The van der Waals surface area contributed by atoms with Crippen molar-refractivity contribution in [2.24, 2.45) is 28.4 Å². The molecule has 5 heteroatoms. The maximum Gasteiger partial charge on any atom is 0.254 e. The maximum absolute atomic E-state index is 13.9. The van der Waals surface area contributed by atoms with Gasteiger partial charge in [0.15, 0.2) is 0 Å². The zero-order valence-electron chi connectivity index (χ0n) is 21.6. The average Bonchev–Trinajstić information content (AvgIpc) is 2.73. The van der Waals surface area contributed by atoms with E-state index in [1.54, 1.807) is 18.2 Å². The number of primary amides is 1. The SMILES string of the molecule is CC(C)(C)[C@H]1CC[C@@H](N(C(=O)c2cc(N)cc(C(N)=O)c2)[C@H]2CC[C@@H](C(C)(C)C)CC2)CC1. The zero-order valence-corrected chi connectivity index (χ0v) is 21.6. The topological polar surface area (TPSA) is 89.4 Å². The number of carbonyl (C=O) groups is 2. The summed E-state index contributed by atoms with van der Waals surface area (Å²) in [5.74, 6) is 0.829. The van der Waals surface area contributed by atoms with E-state index in [4.69, 9.17) is 11.5 Å². The maximum atomic E-state index is 13.9. The van der Waals surface area contributed by atoms with Crippen LogP contribution in [0.4, 0.5) is 5.69 Å². The fourth-order valence-electron chi connectivity index (χ4n) is 6.14. The standard InChI is InChI=1S/C28H45N3O2/c1-27(2,3)20-7-11-23(12-8-20)31(24-13-9-21(10-14-24)28(4,5)6)26(33)19-15-18(25(30)32)16-22(29)17-19/h15-17,20-21,23-24H,7-14,29H2,1-6H3,(H2,30,32)/t20-,21-,23+,24+. The van der Waals surface area contributed by atoms with E-state index in [1.165, 1.54) is 0 Å². The Balaban J connectivity index is 1.87. The Morgan fingerprint density at radius 3 is 1.48 bits per heavy atom. The molecule has 2 fully saturated rings. The van der Waals surface area contributed by atoms with E-state index < -0.39 is 5.91 Å². The third-order valence-corrected chi connectivity index (χ3v) is 8.35. The first-order valence-corrected chi connectivity index (χ1v) is 12.8. The lowest BCUT2D eigenvalue weighted by Crippen LogP contribution is -2.50. The van der Waals surface area contributed by atoms with Gasteiger partial charge in [-0.3, -0.25) is 9.59 Å². The smallest absolute Gasteiger partial charge is 0.254 e. The van der Waals surface area contributed by atoms with Crippen LogP contribution in [-0.4, -0.2) is 28.8 Å². The van der Waals surface area contributed by atoms with Crippen molar-refractivity contribution in [1.29, 1.82) is 0 Å². The van der Waals surface area contributed by atoms with Crippen LogP contribution < -0.4 is 11.5 Å². The molecular formula is C28H45N3O2. The fraction of sp³-hybridized carbons (Fsp3) is 0.714. The molecular weight excluding hydrogens is 410 g/mol. The molecule has 5 nitrogen and oxygen atoms in total. The molecule has 184 valence electrons. The summed E-state index contributed by atoms with van der Waals surface area (Å²) in [6.45, 7) is 14.0. The summed E-state index contributed by atoms with van der Waals surface area (Å²) in [4.78, 5) is 27.9. The van der Waals surface area contributed by atoms with Crippen LogP contribution in [0.5, 0.6) is 0 Å². The van der Waals surface area contributed by atoms with Crippen molar-refractivity contribution in [3.05, 3.63) is 29.3 Å². The lowest BCUT2D eigenvalue weighted by atomic mass is 9.69. The summed E-state index contributed by atoms with van der Waals surface area (Å²) in [7, 11) is 0. The molecule has 0 aliphatic heterocycles. The van der Waals surface area contributed by atoms with Crippen LogP contribution in [0.15, 0.2) is 18.2 Å². The fourth-order valence-corrected chi connectivity index (χ4v) is 6.14. The molecule has 2 aliphatic carbocycles. The van der Waals surface area contributed by atoms with E-state index in [9.17, 15) is 9.59 Å². The molecule has 0 bridgehead atoms. The van der Waals surface area contributed by atoms with Crippen LogP contribution in [0.1, 0.15) is 114 Å². The first-order valence-electron chi connectivity index (χ1n) is 12.8. The van der Waals surface area contributed by atoms with Crippen molar-refractivity contribution in [3.8, 4) is 0 Å². The molecule has 0 radical (unpaired) electrons. The average molecular weight is 456 g/mol. The van der Waals surface area contributed by atoms with Crippen LogP contribution in [0.3, 0.4) is 0 Å². The molecule has 2 amide bonds. The lowest BCUT2D eigenvalue weighted by Gasteiger charge is -2.47. The van der Waals surface area contributed by atoms with Gasteiger partial charge in [0, 0.05) is 28.9 Å². The summed E-state index contributed by atoms with van der Waals surface area (Å²) in [6, 6.07) is 5.35. The molecule has 0 atom stereocenters. The van der Waals surface area contributed by atoms with E-state index >= 15 is 0 Å². The van der Waals surface area contributed by atoms with Crippen LogP contribution in [0, 0.1) is 22.7 Å². The van der Waals surface area contributed by atoms with Crippen LogP contribution in [0.25, 0.3) is 0 Å². The molecule has 4 N–H and O–H groups in total. The van der Waals surface area contributed by atoms with E-state index in [0.717, 1.165) is 51.4 Å².